The molecule has 6 nitrogen and oxygen atoms in total. The minimum absolute atomic E-state index is 0.139. The molecule has 9 heteroatoms. The molecule has 1 aliphatic rings. The number of benzene rings is 3. The first-order valence-corrected chi connectivity index (χ1v) is 13.5. The Hall–Kier alpha value is -4.53. The smallest absolute Gasteiger partial charge is 0.290 e. The Bertz CT molecular complexity index is 1710. The van der Waals surface area contributed by atoms with Gasteiger partial charge in [0.15, 0.2) is 17.4 Å². The van der Waals surface area contributed by atoms with Gasteiger partial charge in [-0.3, -0.25) is 4.79 Å². The number of hydrogen-bond donors (Lipinski definition) is 2. The zero-order chi connectivity index (χ0) is 29.1. The molecule has 0 saturated heterocycles. The van der Waals surface area contributed by atoms with Gasteiger partial charge >= 0.3 is 0 Å². The maximum Gasteiger partial charge on any atom is 0.290 e. The van der Waals surface area contributed by atoms with Crippen molar-refractivity contribution in [3.63, 3.8) is 0 Å². The molecule has 41 heavy (non-hydrogen) atoms. The van der Waals surface area contributed by atoms with Crippen LogP contribution >= 0.6 is 0 Å². The number of unbranched alkanes of at least 4 members (excludes halogenated alkanes) is 1. The molecular formula is C32H30F3N3O3. The topological polar surface area (TPSA) is 80.1 Å². The Morgan fingerprint density at radius 2 is 1.95 bits per heavy atom. The molecular weight excluding hydrogens is 531 g/mol. The quantitative estimate of drug-likeness (QED) is 0.197. The number of imidazole rings is 1. The van der Waals surface area contributed by atoms with E-state index in [1.165, 1.54) is 6.07 Å². The van der Waals surface area contributed by atoms with Crippen LogP contribution < -0.4 is 4.74 Å². The fraction of sp³-hybridized carbons (Fsp3) is 0.250. The van der Waals surface area contributed by atoms with E-state index in [2.05, 4.69) is 16.5 Å². The predicted octanol–water partition coefficient (Wildman–Crippen LogP) is 7.99. The summed E-state index contributed by atoms with van der Waals surface area (Å²) in [5.41, 5.74) is 4.62. The van der Waals surface area contributed by atoms with Crippen LogP contribution in [0, 0.1) is 17.5 Å². The summed E-state index contributed by atoms with van der Waals surface area (Å²) in [5.74, 6) is -1.24. The van der Waals surface area contributed by atoms with Gasteiger partial charge in [-0.15, -0.1) is 0 Å². The number of aromatic amines is 1. The van der Waals surface area contributed by atoms with E-state index in [0.29, 0.717) is 23.4 Å². The van der Waals surface area contributed by atoms with E-state index in [1.807, 2.05) is 31.2 Å². The van der Waals surface area contributed by atoms with Crippen molar-refractivity contribution in [2.75, 3.05) is 0 Å². The van der Waals surface area contributed by atoms with Gasteiger partial charge in [0.2, 0.25) is 0 Å². The Morgan fingerprint density at radius 3 is 2.73 bits per heavy atom. The van der Waals surface area contributed by atoms with Crippen molar-refractivity contribution < 1.29 is 27.8 Å². The summed E-state index contributed by atoms with van der Waals surface area (Å²) in [6.07, 6.45) is 6.81. The number of hydrogen-bond acceptors (Lipinski definition) is 3. The highest BCUT2D eigenvalue weighted by Crippen LogP contribution is 2.39. The van der Waals surface area contributed by atoms with Gasteiger partial charge < -0.3 is 19.4 Å². The van der Waals surface area contributed by atoms with Crippen LogP contribution in [-0.4, -0.2) is 26.1 Å². The Labute approximate surface area is 235 Å². The van der Waals surface area contributed by atoms with Gasteiger partial charge in [-0.1, -0.05) is 44.5 Å². The van der Waals surface area contributed by atoms with Crippen molar-refractivity contribution in [1.82, 2.24) is 14.5 Å². The molecule has 6 rings (SSSR count). The summed E-state index contributed by atoms with van der Waals surface area (Å²) in [7, 11) is 0. The lowest BCUT2D eigenvalue weighted by Crippen LogP contribution is -2.16. The SMILES string of the molecule is CCCCc1cccc(C(C)c2cnc3n2CCc2ccc(Oc4c(F)cc5[nH]ccc5c4F)cc2-3)c1F.O=CO. The van der Waals surface area contributed by atoms with Crippen molar-refractivity contribution in [2.24, 2.45) is 0 Å². The Balaban J connectivity index is 0.00000108. The zero-order valence-electron chi connectivity index (χ0n) is 22.8. The summed E-state index contributed by atoms with van der Waals surface area (Å²) in [5, 5.41) is 7.15. The van der Waals surface area contributed by atoms with Crippen molar-refractivity contribution in [1.29, 1.82) is 0 Å². The molecule has 212 valence electrons. The van der Waals surface area contributed by atoms with E-state index in [9.17, 15) is 8.78 Å². The van der Waals surface area contributed by atoms with Crippen LogP contribution in [0.4, 0.5) is 13.2 Å². The molecule has 3 aromatic carbocycles. The molecule has 1 atom stereocenters. The number of aromatic nitrogens is 3. The van der Waals surface area contributed by atoms with Gasteiger partial charge in [-0.25, -0.2) is 18.2 Å². The van der Waals surface area contributed by atoms with Crippen LogP contribution in [-0.2, 0) is 24.2 Å². The highest BCUT2D eigenvalue weighted by Gasteiger charge is 2.26. The van der Waals surface area contributed by atoms with Gasteiger partial charge in [0, 0.05) is 47.6 Å². The van der Waals surface area contributed by atoms with Gasteiger partial charge in [-0.2, -0.15) is 0 Å². The van der Waals surface area contributed by atoms with Crippen molar-refractivity contribution in [2.45, 2.75) is 52.0 Å². The monoisotopic (exact) mass is 561 g/mol. The normalized spacial score (nSPS) is 12.7. The minimum atomic E-state index is -0.782. The number of ether oxygens (including phenoxy) is 1. The fourth-order valence-electron chi connectivity index (χ4n) is 5.44. The Morgan fingerprint density at radius 1 is 1.15 bits per heavy atom. The fourth-order valence-corrected chi connectivity index (χ4v) is 5.44. The number of nitrogens with zero attached hydrogens (tertiary/aromatic N) is 2. The molecule has 0 saturated carbocycles. The molecule has 5 aromatic rings. The van der Waals surface area contributed by atoms with Crippen molar-refractivity contribution in [3.05, 3.63) is 101 Å². The summed E-state index contributed by atoms with van der Waals surface area (Å²) >= 11 is 0. The molecule has 0 radical (unpaired) electrons. The average molecular weight is 562 g/mol. The van der Waals surface area contributed by atoms with Crippen molar-refractivity contribution >= 4 is 17.4 Å². The number of carboxylic acid groups (broad SMARTS) is 1. The first kappa shape index (κ1) is 28.0. The van der Waals surface area contributed by atoms with E-state index < -0.39 is 17.4 Å². The van der Waals surface area contributed by atoms with Crippen LogP contribution in [0.5, 0.6) is 11.5 Å². The number of rotatable bonds is 7. The van der Waals surface area contributed by atoms with E-state index in [1.54, 1.807) is 30.6 Å². The lowest BCUT2D eigenvalue weighted by atomic mass is 9.93. The highest BCUT2D eigenvalue weighted by atomic mass is 19.1. The maximum absolute atomic E-state index is 15.4. The molecule has 3 heterocycles. The first-order valence-electron chi connectivity index (χ1n) is 13.5. The second-order valence-electron chi connectivity index (χ2n) is 10.0. The highest BCUT2D eigenvalue weighted by molar-refractivity contribution is 5.82. The molecule has 0 spiro atoms. The van der Waals surface area contributed by atoms with E-state index in [4.69, 9.17) is 19.6 Å². The predicted molar refractivity (Wildman–Crippen MR) is 151 cm³/mol. The third-order valence-electron chi connectivity index (χ3n) is 7.55. The maximum atomic E-state index is 15.4. The summed E-state index contributed by atoms with van der Waals surface area (Å²) in [6.45, 7) is 4.57. The second kappa shape index (κ2) is 11.9. The standard InChI is InChI=1S/C31H28F3N3O.CH2O2/c1-3-4-6-20-7-5-8-22(28(20)33)18(2)27-17-36-31-24-15-21(10-9-19(24)12-14-37(27)31)38-30-25(32)16-26-23(29(30)34)11-13-35-26;2-1-3/h5,7-11,13,15-18,35H,3-4,6,12,14H2,1-2H3;1H,(H,2,3). The Kier molecular flexibility index (Phi) is 8.14. The molecule has 0 bridgehead atoms. The van der Waals surface area contributed by atoms with Gasteiger partial charge in [0.05, 0.1) is 5.52 Å². The van der Waals surface area contributed by atoms with Gasteiger partial charge in [-0.05, 0) is 54.2 Å². The van der Waals surface area contributed by atoms with E-state index in [0.717, 1.165) is 53.9 Å². The van der Waals surface area contributed by atoms with Gasteiger partial charge in [0.25, 0.3) is 6.47 Å². The van der Waals surface area contributed by atoms with Crippen LogP contribution in [0.1, 0.15) is 55.0 Å². The second-order valence-corrected chi connectivity index (χ2v) is 10.0. The third kappa shape index (κ3) is 5.31. The molecule has 0 aliphatic carbocycles. The average Bonchev–Trinajstić information content (AvgIpc) is 3.62. The molecule has 2 N–H and O–H groups in total. The third-order valence-corrected chi connectivity index (χ3v) is 7.55. The van der Waals surface area contributed by atoms with Crippen LogP contribution in [0.25, 0.3) is 22.3 Å². The van der Waals surface area contributed by atoms with Crippen LogP contribution in [0.3, 0.4) is 0 Å². The number of carbonyl (C=O) groups is 1. The zero-order valence-corrected chi connectivity index (χ0v) is 22.8. The molecule has 1 aliphatic heterocycles. The summed E-state index contributed by atoms with van der Waals surface area (Å²) in [6, 6.07) is 13.8. The molecule has 0 fully saturated rings. The van der Waals surface area contributed by atoms with E-state index >= 15 is 4.39 Å². The summed E-state index contributed by atoms with van der Waals surface area (Å²) < 4.78 is 52.9. The van der Waals surface area contributed by atoms with Crippen LogP contribution in [0.15, 0.2) is 60.9 Å². The number of nitrogens with one attached hydrogen (secondary N) is 1. The lowest BCUT2D eigenvalue weighted by Gasteiger charge is -2.23. The number of halogens is 3. The van der Waals surface area contributed by atoms with Crippen LogP contribution in [0.2, 0.25) is 0 Å². The molecule has 0 amide bonds. The van der Waals surface area contributed by atoms with E-state index in [-0.39, 0.29) is 23.6 Å². The molecule has 2 aromatic heterocycles. The largest absolute Gasteiger partial charge is 0.483 e. The number of aryl methyl sites for hydroxylation is 2. The molecule has 1 unspecified atom stereocenters. The van der Waals surface area contributed by atoms with Crippen molar-refractivity contribution in [3.8, 4) is 22.9 Å². The number of H-pyrrole nitrogens is 1. The summed E-state index contributed by atoms with van der Waals surface area (Å²) in [4.78, 5) is 15.9. The minimum Gasteiger partial charge on any atom is -0.483 e. The number of fused-ring (bicyclic) bond motifs is 4. The first-order chi connectivity index (χ1) is 19.9. The van der Waals surface area contributed by atoms with Gasteiger partial charge in [0.1, 0.15) is 17.4 Å². The lowest BCUT2D eigenvalue weighted by molar-refractivity contribution is -0.122.